The summed E-state index contributed by atoms with van der Waals surface area (Å²) in [5.74, 6) is 1.38. The molecule has 24 heavy (non-hydrogen) atoms. The molecule has 0 atom stereocenters. The molecule has 1 aromatic carbocycles. The fraction of sp³-hybridized carbons (Fsp3) is 0.533. The second kappa shape index (κ2) is 9.29. The predicted octanol–water partition coefficient (Wildman–Crippen LogP) is 2.42. The molecule has 1 heterocycles. The van der Waals surface area contributed by atoms with Gasteiger partial charge in [-0.05, 0) is 18.1 Å². The second-order valence-corrected chi connectivity index (χ2v) is 9.49. The molecule has 0 saturated carbocycles. The number of rotatable bonds is 7. The lowest BCUT2D eigenvalue weighted by atomic mass is 10.1. The van der Waals surface area contributed by atoms with E-state index in [-0.39, 0.29) is 24.6 Å². The lowest BCUT2D eigenvalue weighted by molar-refractivity contribution is -0.120. The highest BCUT2D eigenvalue weighted by Gasteiger charge is 2.23. The number of thioether (sulfide) groups is 1. The molecule has 1 aromatic rings. The number of aryl methyl sites for hydroxylation is 1. The first-order valence-corrected chi connectivity index (χ1v) is 11.2. The maximum Gasteiger partial charge on any atom is 0.220 e. The van der Waals surface area contributed by atoms with Gasteiger partial charge in [0.25, 0.3) is 0 Å². The Morgan fingerprint density at radius 3 is 2.67 bits per heavy atom. The number of hydrogen-bond acceptors (Lipinski definition) is 4. The molecule has 1 saturated heterocycles. The molecular weight excluding hydrogens is 391 g/mol. The van der Waals surface area contributed by atoms with Crippen molar-refractivity contribution in [3.8, 4) is 0 Å². The minimum Gasteiger partial charge on any atom is -0.355 e. The number of sulfonamides is 1. The summed E-state index contributed by atoms with van der Waals surface area (Å²) in [4.78, 5) is 11.9. The molecule has 0 spiro atoms. The highest BCUT2D eigenvalue weighted by molar-refractivity contribution is 7.99. The molecule has 1 aliphatic heterocycles. The third kappa shape index (κ3) is 5.81. The van der Waals surface area contributed by atoms with E-state index in [0.29, 0.717) is 29.6 Å². The first-order chi connectivity index (χ1) is 11.4. The van der Waals surface area contributed by atoms with Gasteiger partial charge in [0.1, 0.15) is 0 Å². The molecule has 1 aliphatic rings. The van der Waals surface area contributed by atoms with E-state index >= 15 is 0 Å². The maximum absolute atomic E-state index is 12.2. The van der Waals surface area contributed by atoms with E-state index in [4.69, 9.17) is 23.2 Å². The zero-order valence-electron chi connectivity index (χ0n) is 13.1. The van der Waals surface area contributed by atoms with Crippen LogP contribution >= 0.6 is 35.0 Å². The summed E-state index contributed by atoms with van der Waals surface area (Å²) in [6, 6.07) is 5.29. The molecule has 1 fully saturated rings. The SMILES string of the molecule is O=C(CCc1cccc(Cl)c1Cl)NCCS(=O)(=O)N1CCSCC1. The van der Waals surface area contributed by atoms with E-state index in [1.54, 1.807) is 23.9 Å². The van der Waals surface area contributed by atoms with Crippen molar-refractivity contribution in [2.45, 2.75) is 12.8 Å². The van der Waals surface area contributed by atoms with Crippen molar-refractivity contribution in [1.29, 1.82) is 0 Å². The number of nitrogens with one attached hydrogen (secondary N) is 1. The maximum atomic E-state index is 12.2. The minimum atomic E-state index is -3.29. The van der Waals surface area contributed by atoms with Crippen LogP contribution in [0.4, 0.5) is 0 Å². The van der Waals surface area contributed by atoms with Gasteiger partial charge in [-0.3, -0.25) is 4.79 Å². The van der Waals surface area contributed by atoms with E-state index in [9.17, 15) is 13.2 Å². The molecule has 0 unspecified atom stereocenters. The van der Waals surface area contributed by atoms with Crippen LogP contribution in [0.3, 0.4) is 0 Å². The van der Waals surface area contributed by atoms with Gasteiger partial charge in [-0.15, -0.1) is 0 Å². The minimum absolute atomic E-state index is 0.0681. The van der Waals surface area contributed by atoms with E-state index in [0.717, 1.165) is 17.1 Å². The topological polar surface area (TPSA) is 66.5 Å². The Morgan fingerprint density at radius 1 is 1.25 bits per heavy atom. The normalized spacial score (nSPS) is 16.1. The summed E-state index contributed by atoms with van der Waals surface area (Å²) in [6.07, 6.45) is 0.696. The molecule has 0 aliphatic carbocycles. The molecular formula is C15H20Cl2N2O3S2. The molecule has 0 bridgehead atoms. The number of carbonyl (C=O) groups is 1. The van der Waals surface area contributed by atoms with Gasteiger partial charge in [-0.1, -0.05) is 35.3 Å². The molecule has 0 aromatic heterocycles. The zero-order valence-corrected chi connectivity index (χ0v) is 16.3. The monoisotopic (exact) mass is 410 g/mol. The lowest BCUT2D eigenvalue weighted by Crippen LogP contribution is -2.41. The summed E-state index contributed by atoms with van der Waals surface area (Å²) >= 11 is 13.8. The quantitative estimate of drug-likeness (QED) is 0.749. The Balaban J connectivity index is 1.74. The Kier molecular flexibility index (Phi) is 7.68. The average Bonchev–Trinajstić information content (AvgIpc) is 2.57. The summed E-state index contributed by atoms with van der Waals surface area (Å²) in [6.45, 7) is 1.22. The highest BCUT2D eigenvalue weighted by atomic mass is 35.5. The van der Waals surface area contributed by atoms with Crippen LogP contribution in [0, 0.1) is 0 Å². The largest absolute Gasteiger partial charge is 0.355 e. The van der Waals surface area contributed by atoms with Crippen molar-refractivity contribution in [3.63, 3.8) is 0 Å². The van der Waals surface area contributed by atoms with E-state index in [1.165, 1.54) is 4.31 Å². The predicted molar refractivity (Wildman–Crippen MR) is 100 cm³/mol. The first kappa shape index (κ1) is 19.8. The van der Waals surface area contributed by atoms with Gasteiger partial charge < -0.3 is 5.32 Å². The van der Waals surface area contributed by atoms with Gasteiger partial charge >= 0.3 is 0 Å². The van der Waals surface area contributed by atoms with Gasteiger partial charge in [-0.25, -0.2) is 12.7 Å². The van der Waals surface area contributed by atoms with Crippen LogP contribution in [-0.4, -0.2) is 55.5 Å². The summed E-state index contributed by atoms with van der Waals surface area (Å²) in [7, 11) is -3.29. The third-order valence-electron chi connectivity index (χ3n) is 3.70. The van der Waals surface area contributed by atoms with Gasteiger partial charge in [-0.2, -0.15) is 11.8 Å². The van der Waals surface area contributed by atoms with Crippen molar-refractivity contribution in [2.75, 3.05) is 36.9 Å². The fourth-order valence-corrected chi connectivity index (χ4v) is 5.26. The number of benzene rings is 1. The van der Waals surface area contributed by atoms with E-state index < -0.39 is 10.0 Å². The number of halogens is 2. The second-order valence-electron chi connectivity index (χ2n) is 5.39. The van der Waals surface area contributed by atoms with Crippen molar-refractivity contribution in [1.82, 2.24) is 9.62 Å². The van der Waals surface area contributed by atoms with Crippen molar-refractivity contribution >= 4 is 50.9 Å². The summed E-state index contributed by atoms with van der Waals surface area (Å²) in [5.41, 5.74) is 0.803. The molecule has 134 valence electrons. The van der Waals surface area contributed by atoms with Gasteiger partial charge in [0.2, 0.25) is 15.9 Å². The molecule has 9 heteroatoms. The van der Waals surface area contributed by atoms with Crippen LogP contribution in [0.25, 0.3) is 0 Å². The van der Waals surface area contributed by atoms with Crippen molar-refractivity contribution in [3.05, 3.63) is 33.8 Å². The molecule has 1 amide bonds. The Hall–Kier alpha value is -0.470. The van der Waals surface area contributed by atoms with E-state index in [2.05, 4.69) is 5.32 Å². The Morgan fingerprint density at radius 2 is 1.96 bits per heavy atom. The standard InChI is InChI=1S/C15H20Cl2N2O3S2/c16-13-3-1-2-12(15(13)17)4-5-14(20)18-6-11-24(21,22)19-7-9-23-10-8-19/h1-3H,4-11H2,(H,18,20). The van der Waals surface area contributed by atoms with Crippen molar-refractivity contribution in [2.24, 2.45) is 0 Å². The fourth-order valence-electron chi connectivity index (χ4n) is 2.35. The Bertz CT molecular complexity index is 677. The lowest BCUT2D eigenvalue weighted by Gasteiger charge is -2.25. The molecule has 5 nitrogen and oxygen atoms in total. The number of amides is 1. The smallest absolute Gasteiger partial charge is 0.220 e. The average molecular weight is 411 g/mol. The number of nitrogens with zero attached hydrogens (tertiary/aromatic N) is 1. The summed E-state index contributed by atoms with van der Waals surface area (Å²) in [5, 5.41) is 3.57. The van der Waals surface area contributed by atoms with Crippen LogP contribution in [0.1, 0.15) is 12.0 Å². The highest BCUT2D eigenvalue weighted by Crippen LogP contribution is 2.26. The Labute approximate surface area is 157 Å². The van der Waals surface area contributed by atoms with Crippen LogP contribution in [0.5, 0.6) is 0 Å². The molecule has 1 N–H and O–H groups in total. The molecule has 2 rings (SSSR count). The van der Waals surface area contributed by atoms with Crippen LogP contribution in [0.15, 0.2) is 18.2 Å². The number of hydrogen-bond donors (Lipinski definition) is 1. The molecule has 0 radical (unpaired) electrons. The van der Waals surface area contributed by atoms with Crippen LogP contribution in [-0.2, 0) is 21.2 Å². The van der Waals surface area contributed by atoms with Crippen molar-refractivity contribution < 1.29 is 13.2 Å². The van der Waals surface area contributed by atoms with E-state index in [1.807, 2.05) is 6.07 Å². The van der Waals surface area contributed by atoms with Gasteiger partial charge in [0.05, 0.1) is 15.8 Å². The first-order valence-electron chi connectivity index (χ1n) is 7.65. The summed E-state index contributed by atoms with van der Waals surface area (Å²) < 4.78 is 25.8. The van der Waals surface area contributed by atoms with Crippen LogP contribution in [0.2, 0.25) is 10.0 Å². The van der Waals surface area contributed by atoms with Gasteiger partial charge in [0, 0.05) is 37.6 Å². The number of carbonyl (C=O) groups excluding carboxylic acids is 1. The van der Waals surface area contributed by atoms with Crippen LogP contribution < -0.4 is 5.32 Å². The van der Waals surface area contributed by atoms with Gasteiger partial charge in [0.15, 0.2) is 0 Å². The zero-order chi connectivity index (χ0) is 17.6. The third-order valence-corrected chi connectivity index (χ3v) is 7.37.